The molecule has 0 aliphatic carbocycles. The first-order chi connectivity index (χ1) is 8.08. The van der Waals surface area contributed by atoms with Gasteiger partial charge in [0.05, 0.1) is 24.6 Å². The van der Waals surface area contributed by atoms with E-state index in [0.717, 1.165) is 5.69 Å². The Labute approximate surface area is 99.0 Å². The third-order valence-electron chi connectivity index (χ3n) is 2.77. The minimum Gasteiger partial charge on any atom is -0.481 e. The van der Waals surface area contributed by atoms with Crippen LogP contribution in [0, 0.1) is 5.92 Å². The van der Waals surface area contributed by atoms with Crippen LogP contribution < -0.4 is 10.4 Å². The molecule has 0 spiro atoms. The Morgan fingerprint density at radius 1 is 1.53 bits per heavy atom. The van der Waals surface area contributed by atoms with Crippen molar-refractivity contribution in [3.8, 4) is 0 Å². The lowest BCUT2D eigenvalue weighted by Crippen LogP contribution is -2.33. The number of para-hydroxylation sites is 1. The Morgan fingerprint density at radius 3 is 2.82 bits per heavy atom. The fourth-order valence-electron chi connectivity index (χ4n) is 1.89. The maximum absolute atomic E-state index is 11.4. The van der Waals surface area contributed by atoms with Crippen molar-refractivity contribution in [2.24, 2.45) is 5.92 Å². The summed E-state index contributed by atoms with van der Waals surface area (Å²) in [4.78, 5) is 22.2. The number of hydrazine groups is 1. The number of nitrogens with one attached hydrogen (secondary N) is 1. The Morgan fingerprint density at radius 2 is 2.24 bits per heavy atom. The predicted molar refractivity (Wildman–Crippen MR) is 62.4 cm³/mol. The molecule has 1 aliphatic rings. The monoisotopic (exact) mass is 234 g/mol. The lowest BCUT2D eigenvalue weighted by molar-refractivity contribution is -0.136. The van der Waals surface area contributed by atoms with Crippen LogP contribution in [0.3, 0.4) is 0 Å². The molecule has 1 amide bonds. The number of carbonyl (C=O) groups excluding carboxylic acids is 1. The average molecular weight is 234 g/mol. The molecule has 1 atom stereocenters. The zero-order valence-electron chi connectivity index (χ0n) is 9.51. The summed E-state index contributed by atoms with van der Waals surface area (Å²) in [5, 5.41) is 10.5. The van der Waals surface area contributed by atoms with E-state index in [2.05, 4.69) is 5.43 Å². The summed E-state index contributed by atoms with van der Waals surface area (Å²) >= 11 is 0. The van der Waals surface area contributed by atoms with Crippen molar-refractivity contribution in [2.45, 2.75) is 13.3 Å². The Kier molecular flexibility index (Phi) is 2.99. The minimum atomic E-state index is -0.879. The first-order valence-electron chi connectivity index (χ1n) is 5.45. The van der Waals surface area contributed by atoms with Crippen LogP contribution in [0.5, 0.6) is 0 Å². The number of carboxylic acids is 1. The lowest BCUT2D eigenvalue weighted by Gasteiger charge is -2.20. The highest BCUT2D eigenvalue weighted by Gasteiger charge is 2.28. The van der Waals surface area contributed by atoms with E-state index in [4.69, 9.17) is 5.11 Å². The van der Waals surface area contributed by atoms with E-state index in [1.807, 2.05) is 19.1 Å². The molecule has 2 rings (SSSR count). The highest BCUT2D eigenvalue weighted by Crippen LogP contribution is 2.23. The van der Waals surface area contributed by atoms with Crippen molar-refractivity contribution in [3.63, 3.8) is 0 Å². The number of anilines is 1. The van der Waals surface area contributed by atoms with Crippen LogP contribution in [0.15, 0.2) is 24.3 Å². The van der Waals surface area contributed by atoms with E-state index in [-0.39, 0.29) is 18.2 Å². The summed E-state index contributed by atoms with van der Waals surface area (Å²) in [5.41, 5.74) is 4.20. The minimum absolute atomic E-state index is 0.0323. The van der Waals surface area contributed by atoms with Gasteiger partial charge in [0, 0.05) is 0 Å². The number of nitrogens with zero attached hydrogens (tertiary/aromatic N) is 1. The lowest BCUT2D eigenvalue weighted by atomic mass is 10.1. The smallest absolute Gasteiger partial charge is 0.307 e. The van der Waals surface area contributed by atoms with E-state index in [1.165, 1.54) is 0 Å². The van der Waals surface area contributed by atoms with Crippen LogP contribution in [0.1, 0.15) is 12.5 Å². The number of hydrogen-bond donors (Lipinski definition) is 2. The van der Waals surface area contributed by atoms with Crippen molar-refractivity contribution >= 4 is 17.6 Å². The van der Waals surface area contributed by atoms with Crippen molar-refractivity contribution in [1.82, 2.24) is 5.43 Å². The maximum atomic E-state index is 11.4. The van der Waals surface area contributed by atoms with Gasteiger partial charge < -0.3 is 5.11 Å². The zero-order chi connectivity index (χ0) is 12.4. The predicted octanol–water partition coefficient (Wildman–Crippen LogP) is 0.801. The van der Waals surface area contributed by atoms with Crippen molar-refractivity contribution in [2.75, 3.05) is 11.6 Å². The Bertz CT molecular complexity index is 459. The van der Waals surface area contributed by atoms with Gasteiger partial charge in [0.15, 0.2) is 0 Å². The van der Waals surface area contributed by atoms with E-state index >= 15 is 0 Å². The second kappa shape index (κ2) is 4.45. The molecule has 1 unspecified atom stereocenters. The highest BCUT2D eigenvalue weighted by molar-refractivity contribution is 5.84. The number of hydrogen-bond acceptors (Lipinski definition) is 3. The van der Waals surface area contributed by atoms with E-state index < -0.39 is 5.97 Å². The van der Waals surface area contributed by atoms with Crippen LogP contribution in [-0.4, -0.2) is 23.5 Å². The van der Waals surface area contributed by atoms with E-state index in [9.17, 15) is 9.59 Å². The summed E-state index contributed by atoms with van der Waals surface area (Å²) in [6.07, 6.45) is -0.0447. The number of rotatable bonds is 3. The van der Waals surface area contributed by atoms with Gasteiger partial charge in [0.1, 0.15) is 0 Å². The van der Waals surface area contributed by atoms with Crippen LogP contribution in [0.25, 0.3) is 0 Å². The normalized spacial score (nSPS) is 19.2. The Hall–Kier alpha value is -2.04. The van der Waals surface area contributed by atoms with Gasteiger partial charge in [-0.25, -0.2) is 0 Å². The highest BCUT2D eigenvalue weighted by atomic mass is 16.4. The summed E-state index contributed by atoms with van der Waals surface area (Å²) in [6, 6.07) is 7.20. The van der Waals surface area contributed by atoms with Gasteiger partial charge in [-0.3, -0.25) is 20.0 Å². The van der Waals surface area contributed by atoms with Gasteiger partial charge in [0.2, 0.25) is 5.91 Å². The summed E-state index contributed by atoms with van der Waals surface area (Å²) < 4.78 is 0. The fourth-order valence-corrected chi connectivity index (χ4v) is 1.89. The van der Waals surface area contributed by atoms with Crippen molar-refractivity contribution < 1.29 is 14.7 Å². The van der Waals surface area contributed by atoms with E-state index in [0.29, 0.717) is 12.1 Å². The third-order valence-corrected chi connectivity index (χ3v) is 2.77. The summed E-state index contributed by atoms with van der Waals surface area (Å²) in [5.74, 6) is -0.987. The summed E-state index contributed by atoms with van der Waals surface area (Å²) in [6.45, 7) is 2.41. The first kappa shape index (κ1) is 11.4. The molecule has 1 saturated heterocycles. The van der Waals surface area contributed by atoms with Crippen LogP contribution in [0.2, 0.25) is 0 Å². The molecule has 17 heavy (non-hydrogen) atoms. The molecule has 1 aromatic carbocycles. The van der Waals surface area contributed by atoms with Crippen molar-refractivity contribution in [3.05, 3.63) is 29.8 Å². The number of aliphatic carboxylic acids is 1. The van der Waals surface area contributed by atoms with E-state index in [1.54, 1.807) is 17.1 Å². The van der Waals surface area contributed by atoms with Crippen LogP contribution in [-0.2, 0) is 16.0 Å². The first-order valence-corrected chi connectivity index (χ1v) is 5.45. The van der Waals surface area contributed by atoms with Gasteiger partial charge in [0.25, 0.3) is 0 Å². The molecular weight excluding hydrogens is 220 g/mol. The van der Waals surface area contributed by atoms with Gasteiger partial charge in [-0.05, 0) is 11.6 Å². The number of amides is 1. The van der Waals surface area contributed by atoms with Gasteiger partial charge in [-0.2, -0.15) is 0 Å². The molecule has 90 valence electrons. The molecule has 1 aromatic rings. The Balaban J connectivity index is 2.26. The van der Waals surface area contributed by atoms with Crippen LogP contribution in [0.4, 0.5) is 5.69 Å². The maximum Gasteiger partial charge on any atom is 0.307 e. The van der Waals surface area contributed by atoms with Crippen molar-refractivity contribution in [1.29, 1.82) is 0 Å². The third kappa shape index (κ3) is 2.38. The molecule has 0 bridgehead atoms. The molecule has 0 saturated carbocycles. The molecule has 1 aliphatic heterocycles. The average Bonchev–Trinajstić information content (AvgIpc) is 2.59. The second-order valence-electron chi connectivity index (χ2n) is 4.19. The number of carbonyl (C=O) groups is 2. The SMILES string of the molecule is CC1CN(c2ccccc2CC(=O)O)NC1=O. The zero-order valence-corrected chi connectivity index (χ0v) is 9.51. The molecule has 5 nitrogen and oxygen atoms in total. The quantitative estimate of drug-likeness (QED) is 0.811. The molecule has 2 N–H and O–H groups in total. The number of carboxylic acid groups (broad SMARTS) is 1. The molecular formula is C12H14N2O3. The number of benzene rings is 1. The molecule has 1 heterocycles. The molecule has 0 aromatic heterocycles. The summed E-state index contributed by atoms with van der Waals surface area (Å²) in [7, 11) is 0. The molecule has 5 heteroatoms. The topological polar surface area (TPSA) is 69.6 Å². The van der Waals surface area contributed by atoms with Crippen LogP contribution >= 0.6 is 0 Å². The largest absolute Gasteiger partial charge is 0.481 e. The van der Waals surface area contributed by atoms with Gasteiger partial charge in [-0.15, -0.1) is 0 Å². The standard InChI is InChI=1S/C12H14N2O3/c1-8-7-14(13-12(8)17)10-5-3-2-4-9(10)6-11(15)16/h2-5,8H,6-7H2,1H3,(H,13,17)(H,15,16). The fraction of sp³-hybridized carbons (Fsp3) is 0.333. The molecule has 1 fully saturated rings. The second-order valence-corrected chi connectivity index (χ2v) is 4.19. The molecule has 0 radical (unpaired) electrons. The van der Waals surface area contributed by atoms with Gasteiger partial charge >= 0.3 is 5.97 Å². The van der Waals surface area contributed by atoms with Gasteiger partial charge in [-0.1, -0.05) is 25.1 Å².